The smallest absolute Gasteiger partial charge is 0.334 e. The normalized spacial score (nSPS) is 17.8. The molecule has 3 aliphatic rings. The molecule has 2 aliphatic carbocycles. The molecule has 36 heavy (non-hydrogen) atoms. The number of carbonyl (C=O) groups excluding carboxylic acids is 1. The van der Waals surface area contributed by atoms with E-state index in [0.717, 1.165) is 61.9 Å². The molecule has 0 spiro atoms. The molecule has 2 heterocycles. The molecule has 0 atom stereocenters. The number of aromatic nitrogens is 2. The number of fused-ring (bicyclic) bond motifs is 2. The number of anilines is 2. The van der Waals surface area contributed by atoms with Crippen molar-refractivity contribution < 1.29 is 17.9 Å². The van der Waals surface area contributed by atoms with Gasteiger partial charge in [0.1, 0.15) is 0 Å². The van der Waals surface area contributed by atoms with E-state index in [2.05, 4.69) is 21.2 Å². The number of benzene rings is 1. The summed E-state index contributed by atoms with van der Waals surface area (Å²) in [6.45, 7) is 2.35. The number of nitrogens with one attached hydrogen (secondary N) is 2. The quantitative estimate of drug-likeness (QED) is 0.558. The van der Waals surface area contributed by atoms with Gasteiger partial charge in [-0.3, -0.25) is 4.68 Å². The average molecular weight is 517 g/mol. The molecule has 0 radical (unpaired) electrons. The Bertz CT molecular complexity index is 1190. The summed E-state index contributed by atoms with van der Waals surface area (Å²) in [7, 11) is -0.238. The van der Waals surface area contributed by atoms with Crippen molar-refractivity contribution in [3.05, 3.63) is 40.7 Å². The number of aryl methyl sites for hydroxylation is 2. The highest BCUT2D eigenvalue weighted by atomic mass is 32.2. The summed E-state index contributed by atoms with van der Waals surface area (Å²) in [5.74, 6) is 0. The van der Waals surface area contributed by atoms with Gasteiger partial charge in [0.15, 0.2) is 0 Å². The average Bonchev–Trinajstić information content (AvgIpc) is 3.59. The lowest BCUT2D eigenvalue weighted by molar-refractivity contribution is 0.0875. The molecule has 2 amide bonds. The zero-order valence-electron chi connectivity index (χ0n) is 21.1. The van der Waals surface area contributed by atoms with Gasteiger partial charge in [-0.05, 0) is 87.7 Å². The summed E-state index contributed by atoms with van der Waals surface area (Å²) < 4.78 is 38.1. The van der Waals surface area contributed by atoms with Crippen LogP contribution in [0.1, 0.15) is 47.9 Å². The van der Waals surface area contributed by atoms with Crippen molar-refractivity contribution in [1.29, 1.82) is 0 Å². The Morgan fingerprint density at radius 1 is 1.11 bits per heavy atom. The molecular formula is C25H36N6O4S. The van der Waals surface area contributed by atoms with Crippen LogP contribution >= 0.6 is 0 Å². The number of hydrogen-bond acceptors (Lipinski definition) is 6. The summed E-state index contributed by atoms with van der Waals surface area (Å²) in [5, 5.41) is 7.31. The Morgan fingerprint density at radius 2 is 1.78 bits per heavy atom. The molecule has 10 nitrogen and oxygen atoms in total. The lowest BCUT2D eigenvalue weighted by Gasteiger charge is -2.33. The van der Waals surface area contributed by atoms with Crippen molar-refractivity contribution in [2.75, 3.05) is 43.5 Å². The van der Waals surface area contributed by atoms with E-state index in [1.807, 2.05) is 19.0 Å². The van der Waals surface area contributed by atoms with Crippen molar-refractivity contribution in [2.24, 2.45) is 0 Å². The molecule has 1 fully saturated rings. The molecule has 1 saturated heterocycles. The molecule has 0 unspecified atom stereocenters. The van der Waals surface area contributed by atoms with Crippen LogP contribution in [0.4, 0.5) is 16.2 Å². The number of likely N-dealkylation sites (N-methyl/N-ethyl adjacent to an activating group) is 1. The van der Waals surface area contributed by atoms with Gasteiger partial charge in [0, 0.05) is 31.6 Å². The van der Waals surface area contributed by atoms with Gasteiger partial charge >= 0.3 is 16.2 Å². The van der Waals surface area contributed by atoms with E-state index in [1.54, 1.807) is 17.1 Å². The van der Waals surface area contributed by atoms with E-state index in [9.17, 15) is 13.2 Å². The fourth-order valence-electron chi connectivity index (χ4n) is 5.63. The zero-order chi connectivity index (χ0) is 25.3. The number of rotatable bonds is 8. The third kappa shape index (κ3) is 5.23. The predicted molar refractivity (Wildman–Crippen MR) is 139 cm³/mol. The van der Waals surface area contributed by atoms with E-state index >= 15 is 0 Å². The number of ether oxygens (including phenoxy) is 1. The first-order chi connectivity index (χ1) is 17.3. The Labute approximate surface area is 213 Å². The molecule has 1 aromatic heterocycles. The van der Waals surface area contributed by atoms with Crippen molar-refractivity contribution in [1.82, 2.24) is 19.4 Å². The van der Waals surface area contributed by atoms with Crippen molar-refractivity contribution in [2.45, 2.75) is 64.0 Å². The highest BCUT2D eigenvalue weighted by molar-refractivity contribution is 7.91. The molecule has 1 aliphatic heterocycles. The van der Waals surface area contributed by atoms with Crippen molar-refractivity contribution >= 4 is 27.6 Å². The molecule has 2 aromatic rings. The van der Waals surface area contributed by atoms with Gasteiger partial charge < -0.3 is 15.0 Å². The Hall–Kier alpha value is -2.63. The Morgan fingerprint density at radius 3 is 2.42 bits per heavy atom. The highest BCUT2D eigenvalue weighted by Gasteiger charge is 2.34. The van der Waals surface area contributed by atoms with E-state index < -0.39 is 16.2 Å². The van der Waals surface area contributed by atoms with E-state index in [0.29, 0.717) is 38.3 Å². The highest BCUT2D eigenvalue weighted by Crippen LogP contribution is 2.38. The van der Waals surface area contributed by atoms with Crippen LogP contribution in [0.3, 0.4) is 0 Å². The van der Waals surface area contributed by atoms with Crippen LogP contribution in [0.5, 0.6) is 0 Å². The van der Waals surface area contributed by atoms with Crippen molar-refractivity contribution in [3.8, 4) is 0 Å². The van der Waals surface area contributed by atoms with Crippen molar-refractivity contribution in [3.63, 3.8) is 0 Å². The number of nitrogens with zero attached hydrogens (tertiary/aromatic N) is 4. The van der Waals surface area contributed by atoms with E-state index in [-0.39, 0.29) is 6.04 Å². The summed E-state index contributed by atoms with van der Waals surface area (Å²) >= 11 is 0. The lowest BCUT2D eigenvalue weighted by atomic mass is 9.99. The van der Waals surface area contributed by atoms with Gasteiger partial charge in [-0.15, -0.1) is 0 Å². The Balaban J connectivity index is 1.38. The maximum Gasteiger partial charge on any atom is 0.334 e. The van der Waals surface area contributed by atoms with Gasteiger partial charge in [0.05, 0.1) is 24.5 Å². The molecule has 2 N–H and O–H groups in total. The first kappa shape index (κ1) is 25.0. The second-order valence-electron chi connectivity index (χ2n) is 10.2. The summed E-state index contributed by atoms with van der Waals surface area (Å²) in [6.07, 6.45) is 10.3. The predicted octanol–water partition coefficient (Wildman–Crippen LogP) is 2.47. The number of amides is 2. The van der Waals surface area contributed by atoms with Gasteiger partial charge in [-0.2, -0.15) is 13.5 Å². The molecule has 196 valence electrons. The van der Waals surface area contributed by atoms with Crippen LogP contribution in [0.2, 0.25) is 0 Å². The minimum Gasteiger partial charge on any atom is -0.381 e. The standard InChI is InChI=1S/C25H36N6O4S/c1-29(2)11-12-30-17-21(16-26-30)31(20-9-13-35-14-10-20)36(33,34)28-25(32)27-24-22-7-3-5-18(22)15-19-6-4-8-23(19)24/h15-17,20H,3-14H2,1-2H3,(H2,27,28,32). The van der Waals surface area contributed by atoms with Gasteiger partial charge in [-0.1, -0.05) is 6.07 Å². The largest absolute Gasteiger partial charge is 0.381 e. The third-order valence-electron chi connectivity index (χ3n) is 7.37. The SMILES string of the molecule is CN(C)CCn1cc(N(C2CCOCC2)S(=O)(=O)NC(=O)Nc2c3c(cc4c2CCC4)CCC3)cn1. The molecule has 11 heteroatoms. The van der Waals surface area contributed by atoms with Crippen LogP contribution in [0.25, 0.3) is 0 Å². The Kier molecular flexibility index (Phi) is 7.23. The van der Waals surface area contributed by atoms with Crippen LogP contribution in [-0.2, 0) is 47.2 Å². The summed E-state index contributed by atoms with van der Waals surface area (Å²) in [5.41, 5.74) is 6.14. The second-order valence-corrected chi connectivity index (χ2v) is 11.7. The molecule has 1 aromatic carbocycles. The first-order valence-corrected chi connectivity index (χ1v) is 14.3. The van der Waals surface area contributed by atoms with E-state index in [4.69, 9.17) is 4.74 Å². The lowest BCUT2D eigenvalue weighted by Crippen LogP contribution is -2.51. The number of carbonyl (C=O) groups is 1. The molecular weight excluding hydrogens is 480 g/mol. The first-order valence-electron chi connectivity index (χ1n) is 12.9. The summed E-state index contributed by atoms with van der Waals surface area (Å²) in [4.78, 5) is 15.2. The van der Waals surface area contributed by atoms with Crippen LogP contribution in [-0.4, -0.2) is 69.0 Å². The minimum absolute atomic E-state index is 0.319. The maximum atomic E-state index is 13.6. The molecule has 0 saturated carbocycles. The fraction of sp³-hybridized carbons (Fsp3) is 0.600. The second kappa shape index (κ2) is 10.4. The summed E-state index contributed by atoms with van der Waals surface area (Å²) in [6, 6.07) is 1.24. The minimum atomic E-state index is -4.19. The maximum absolute atomic E-state index is 13.6. The van der Waals surface area contributed by atoms with Gasteiger partial charge in [-0.25, -0.2) is 13.8 Å². The number of urea groups is 1. The van der Waals surface area contributed by atoms with Crippen LogP contribution in [0.15, 0.2) is 18.5 Å². The molecule has 0 bridgehead atoms. The zero-order valence-corrected chi connectivity index (χ0v) is 21.9. The van der Waals surface area contributed by atoms with Crippen LogP contribution in [0, 0.1) is 0 Å². The molecule has 5 rings (SSSR count). The van der Waals surface area contributed by atoms with Gasteiger partial charge in [0.25, 0.3) is 0 Å². The topological polar surface area (TPSA) is 109 Å². The van der Waals surface area contributed by atoms with Gasteiger partial charge in [0.2, 0.25) is 0 Å². The monoisotopic (exact) mass is 516 g/mol. The van der Waals surface area contributed by atoms with E-state index in [1.165, 1.54) is 15.4 Å². The third-order valence-corrected chi connectivity index (χ3v) is 8.84. The van der Waals surface area contributed by atoms with Crippen LogP contribution < -0.4 is 14.3 Å². The fourth-order valence-corrected chi connectivity index (χ4v) is 6.99. The number of hydrogen-bond donors (Lipinski definition) is 2.